The Labute approximate surface area is 94.3 Å². The molecular weight excluding hydrogens is 210 g/mol. The zero-order valence-corrected chi connectivity index (χ0v) is 9.01. The lowest BCUT2D eigenvalue weighted by Crippen LogP contribution is -2.28. The predicted octanol–water partition coefficient (Wildman–Crippen LogP) is 1.42. The number of aliphatic hydroxyl groups is 1. The highest BCUT2D eigenvalue weighted by Crippen LogP contribution is 2.14. The molecule has 0 saturated carbocycles. The van der Waals surface area contributed by atoms with Gasteiger partial charge in [-0.15, -0.1) is 0 Å². The summed E-state index contributed by atoms with van der Waals surface area (Å²) in [5, 5.41) is 13.7. The van der Waals surface area contributed by atoms with E-state index in [-0.39, 0.29) is 0 Å². The summed E-state index contributed by atoms with van der Waals surface area (Å²) < 4.78 is 0. The third-order valence-corrected chi connectivity index (χ3v) is 2.63. The van der Waals surface area contributed by atoms with Gasteiger partial charge in [0.25, 0.3) is 0 Å². The monoisotopic (exact) mass is 221 g/mol. The largest absolute Gasteiger partial charge is 0.376 e. The minimum Gasteiger partial charge on any atom is -0.376 e. The van der Waals surface area contributed by atoms with Gasteiger partial charge in [0.05, 0.1) is 0 Å². The van der Waals surface area contributed by atoms with Crippen LogP contribution in [0.3, 0.4) is 0 Å². The third kappa shape index (κ3) is 2.73. The Kier molecular flexibility index (Phi) is 2.97. The average molecular weight is 222 g/mol. The van der Waals surface area contributed by atoms with Gasteiger partial charge in [-0.25, -0.2) is 0 Å². The summed E-state index contributed by atoms with van der Waals surface area (Å²) in [5.41, 5.74) is -0.0368. The van der Waals surface area contributed by atoms with Crippen LogP contribution in [0.4, 0.5) is 0 Å². The van der Waals surface area contributed by atoms with Gasteiger partial charge in [-0.2, -0.15) is 0 Å². The summed E-state index contributed by atoms with van der Waals surface area (Å²) in [5.74, 6) is 5.83. The highest BCUT2D eigenvalue weighted by atomic mass is 35.5. The van der Waals surface area contributed by atoms with Crippen LogP contribution < -0.4 is 5.32 Å². The second-order valence-electron chi connectivity index (χ2n) is 3.72. The van der Waals surface area contributed by atoms with Gasteiger partial charge in [0.1, 0.15) is 5.60 Å². The Morgan fingerprint density at radius 1 is 1.47 bits per heavy atom. The summed E-state index contributed by atoms with van der Waals surface area (Å²) in [7, 11) is 0. The zero-order valence-electron chi connectivity index (χ0n) is 8.26. The number of hydrogen-bond acceptors (Lipinski definition) is 2. The molecule has 0 aliphatic carbocycles. The standard InChI is InChI=1S/C12H12ClNO/c13-11-3-1-2-10(8-11)4-5-12(15)6-7-14-9-12/h1-3,8,14-15H,6-7,9H2. The number of hydrogen-bond donors (Lipinski definition) is 2. The molecule has 0 aromatic heterocycles. The average Bonchev–Trinajstić information content (AvgIpc) is 2.63. The van der Waals surface area contributed by atoms with E-state index < -0.39 is 5.60 Å². The summed E-state index contributed by atoms with van der Waals surface area (Å²) in [6.07, 6.45) is 0.681. The Bertz CT molecular complexity index is 413. The maximum absolute atomic E-state index is 9.95. The van der Waals surface area contributed by atoms with Crippen LogP contribution in [0.15, 0.2) is 24.3 Å². The van der Waals surface area contributed by atoms with Crippen molar-refractivity contribution in [3.05, 3.63) is 34.9 Å². The molecule has 2 rings (SSSR count). The van der Waals surface area contributed by atoms with E-state index in [2.05, 4.69) is 17.2 Å². The molecule has 2 nitrogen and oxygen atoms in total. The van der Waals surface area contributed by atoms with Gasteiger partial charge in [-0.05, 0) is 24.7 Å². The second kappa shape index (κ2) is 4.24. The summed E-state index contributed by atoms with van der Waals surface area (Å²) >= 11 is 5.83. The fraction of sp³-hybridized carbons (Fsp3) is 0.333. The van der Waals surface area contributed by atoms with Crippen molar-refractivity contribution in [1.82, 2.24) is 5.32 Å². The molecule has 0 radical (unpaired) electrons. The van der Waals surface area contributed by atoms with Crippen LogP contribution >= 0.6 is 11.6 Å². The van der Waals surface area contributed by atoms with E-state index in [9.17, 15) is 5.11 Å². The Balaban J connectivity index is 2.17. The first-order valence-corrected chi connectivity index (χ1v) is 5.28. The van der Waals surface area contributed by atoms with Crippen LogP contribution in [0, 0.1) is 11.8 Å². The molecule has 1 aliphatic rings. The highest BCUT2D eigenvalue weighted by Gasteiger charge is 2.28. The SMILES string of the molecule is OC1(C#Cc2cccc(Cl)c2)CCNC1. The lowest BCUT2D eigenvalue weighted by molar-refractivity contribution is 0.124. The minimum absolute atomic E-state index is 0.542. The smallest absolute Gasteiger partial charge is 0.139 e. The fourth-order valence-corrected chi connectivity index (χ4v) is 1.73. The third-order valence-electron chi connectivity index (χ3n) is 2.40. The van der Waals surface area contributed by atoms with Crippen molar-refractivity contribution >= 4 is 11.6 Å². The maximum Gasteiger partial charge on any atom is 0.139 e. The van der Waals surface area contributed by atoms with Crippen LogP contribution in [0.2, 0.25) is 5.02 Å². The van der Waals surface area contributed by atoms with Crippen LogP contribution in [0.25, 0.3) is 0 Å². The molecule has 0 spiro atoms. The molecular formula is C12H12ClNO. The van der Waals surface area contributed by atoms with Gasteiger partial charge >= 0.3 is 0 Å². The van der Waals surface area contributed by atoms with Gasteiger partial charge in [0, 0.05) is 23.6 Å². The Morgan fingerprint density at radius 3 is 3.00 bits per heavy atom. The lowest BCUT2D eigenvalue weighted by atomic mass is 10.0. The Morgan fingerprint density at radius 2 is 2.33 bits per heavy atom. The molecule has 2 N–H and O–H groups in total. The first kappa shape index (κ1) is 10.5. The fourth-order valence-electron chi connectivity index (χ4n) is 1.54. The molecule has 1 aromatic rings. The van der Waals surface area contributed by atoms with Crippen molar-refractivity contribution in [3.8, 4) is 11.8 Å². The number of nitrogens with one attached hydrogen (secondary N) is 1. The summed E-state index contributed by atoms with van der Waals surface area (Å²) in [6.45, 7) is 1.36. The van der Waals surface area contributed by atoms with Crippen LogP contribution in [-0.4, -0.2) is 23.8 Å². The molecule has 1 aromatic carbocycles. The van der Waals surface area contributed by atoms with Gasteiger partial charge in [-0.1, -0.05) is 29.5 Å². The molecule has 1 unspecified atom stereocenters. The van der Waals surface area contributed by atoms with Gasteiger partial charge in [-0.3, -0.25) is 0 Å². The first-order chi connectivity index (χ1) is 7.18. The summed E-state index contributed by atoms with van der Waals surface area (Å²) in [6, 6.07) is 7.33. The topological polar surface area (TPSA) is 32.3 Å². The van der Waals surface area contributed by atoms with Crippen molar-refractivity contribution in [2.45, 2.75) is 12.0 Å². The Hall–Kier alpha value is -1.01. The second-order valence-corrected chi connectivity index (χ2v) is 4.16. The normalized spacial score (nSPS) is 24.7. The van der Waals surface area contributed by atoms with Crippen molar-refractivity contribution in [3.63, 3.8) is 0 Å². The van der Waals surface area contributed by atoms with Crippen molar-refractivity contribution in [2.75, 3.05) is 13.1 Å². The molecule has 15 heavy (non-hydrogen) atoms. The van der Waals surface area contributed by atoms with Gasteiger partial charge in [0.2, 0.25) is 0 Å². The van der Waals surface area contributed by atoms with Gasteiger partial charge < -0.3 is 10.4 Å². The number of benzene rings is 1. The van der Waals surface area contributed by atoms with E-state index in [0.29, 0.717) is 18.0 Å². The number of rotatable bonds is 0. The predicted molar refractivity (Wildman–Crippen MR) is 60.8 cm³/mol. The molecule has 1 saturated heterocycles. The molecule has 1 aliphatic heterocycles. The molecule has 3 heteroatoms. The molecule has 1 atom stereocenters. The van der Waals surface area contributed by atoms with E-state index in [1.54, 1.807) is 12.1 Å². The van der Waals surface area contributed by atoms with Crippen molar-refractivity contribution < 1.29 is 5.11 Å². The lowest BCUT2D eigenvalue weighted by Gasteiger charge is -2.11. The molecule has 1 fully saturated rings. The van der Waals surface area contributed by atoms with Crippen molar-refractivity contribution in [1.29, 1.82) is 0 Å². The van der Waals surface area contributed by atoms with Crippen molar-refractivity contribution in [2.24, 2.45) is 0 Å². The van der Waals surface area contributed by atoms with E-state index in [4.69, 9.17) is 11.6 Å². The van der Waals surface area contributed by atoms with E-state index >= 15 is 0 Å². The maximum atomic E-state index is 9.95. The van der Waals surface area contributed by atoms with Crippen LogP contribution in [-0.2, 0) is 0 Å². The van der Waals surface area contributed by atoms with E-state index in [1.807, 2.05) is 12.1 Å². The van der Waals surface area contributed by atoms with E-state index in [0.717, 1.165) is 12.1 Å². The summed E-state index contributed by atoms with van der Waals surface area (Å²) in [4.78, 5) is 0. The molecule has 1 heterocycles. The van der Waals surface area contributed by atoms with Crippen LogP contribution in [0.1, 0.15) is 12.0 Å². The quantitative estimate of drug-likeness (QED) is 0.650. The highest BCUT2D eigenvalue weighted by molar-refractivity contribution is 6.30. The van der Waals surface area contributed by atoms with E-state index in [1.165, 1.54) is 0 Å². The van der Waals surface area contributed by atoms with Crippen LogP contribution in [0.5, 0.6) is 0 Å². The first-order valence-electron chi connectivity index (χ1n) is 4.90. The molecule has 0 bridgehead atoms. The number of β-amino-alcohol motifs (C(OH)–C–C–N with tert-alkyl or cyclic N) is 1. The number of halogens is 1. The minimum atomic E-state index is -0.873. The zero-order chi connectivity index (χ0) is 10.7. The van der Waals surface area contributed by atoms with Gasteiger partial charge in [0.15, 0.2) is 0 Å². The molecule has 78 valence electrons. The molecule has 0 amide bonds.